The van der Waals surface area contributed by atoms with E-state index in [1.807, 2.05) is 53.9 Å². The van der Waals surface area contributed by atoms with Crippen molar-refractivity contribution >= 4 is 40.2 Å². The lowest BCUT2D eigenvalue weighted by Gasteiger charge is -2.06. The van der Waals surface area contributed by atoms with E-state index in [1.54, 1.807) is 6.07 Å². The molecule has 0 spiro atoms. The number of hydrogen-bond donors (Lipinski definition) is 2. The maximum atomic E-state index is 12.2. The predicted molar refractivity (Wildman–Crippen MR) is 94.4 cm³/mol. The summed E-state index contributed by atoms with van der Waals surface area (Å²) in [6.07, 6.45) is 0. The molecule has 23 heavy (non-hydrogen) atoms. The molecule has 0 bridgehead atoms. The lowest BCUT2D eigenvalue weighted by molar-refractivity contribution is 0.104. The van der Waals surface area contributed by atoms with Gasteiger partial charge in [0.25, 0.3) is 0 Å². The minimum atomic E-state index is -0.268. The molecule has 0 aliphatic rings. The number of thiophene rings is 2. The van der Waals surface area contributed by atoms with Crippen LogP contribution in [0.1, 0.15) is 19.4 Å². The van der Waals surface area contributed by atoms with Gasteiger partial charge < -0.3 is 10.6 Å². The second-order valence-electron chi connectivity index (χ2n) is 4.75. The summed E-state index contributed by atoms with van der Waals surface area (Å²) in [5.41, 5.74) is 0.741. The van der Waals surface area contributed by atoms with Crippen molar-refractivity contribution in [1.29, 1.82) is 0 Å². The molecule has 4 nitrogen and oxygen atoms in total. The summed E-state index contributed by atoms with van der Waals surface area (Å²) < 4.78 is 0. The zero-order valence-electron chi connectivity index (χ0n) is 12.1. The highest BCUT2D eigenvalue weighted by atomic mass is 32.1. The van der Waals surface area contributed by atoms with E-state index in [1.165, 1.54) is 22.7 Å². The Balaban J connectivity index is 1.55. The predicted octanol–water partition coefficient (Wildman–Crippen LogP) is 4.36. The number of rotatable bonds is 5. The standard InChI is InChI=1S/C17H14N2O2S2/c20-16(14-7-4-10-22-14)15-9-8-13(23-15)11-18-17(21)19-12-5-2-1-3-6-12/h1-10H,11H2,(H2,18,19,21). The van der Waals surface area contributed by atoms with Crippen molar-refractivity contribution in [2.75, 3.05) is 5.32 Å². The Hall–Kier alpha value is -2.44. The zero-order chi connectivity index (χ0) is 16.1. The number of urea groups is 1. The Labute approximate surface area is 141 Å². The van der Waals surface area contributed by atoms with Crippen LogP contribution in [-0.4, -0.2) is 11.8 Å². The van der Waals surface area contributed by atoms with E-state index in [9.17, 15) is 9.59 Å². The molecule has 0 unspecified atom stereocenters. The number of ketones is 1. The molecule has 0 radical (unpaired) electrons. The van der Waals surface area contributed by atoms with Gasteiger partial charge in [-0.2, -0.15) is 0 Å². The molecule has 2 N–H and O–H groups in total. The normalized spacial score (nSPS) is 10.3. The number of nitrogens with one attached hydrogen (secondary N) is 2. The van der Waals surface area contributed by atoms with Gasteiger partial charge in [-0.3, -0.25) is 4.79 Å². The minimum Gasteiger partial charge on any atom is -0.333 e. The summed E-state index contributed by atoms with van der Waals surface area (Å²) in [5.74, 6) is 0.0324. The van der Waals surface area contributed by atoms with E-state index in [-0.39, 0.29) is 11.8 Å². The number of carbonyl (C=O) groups excluding carboxylic acids is 2. The second-order valence-corrected chi connectivity index (χ2v) is 6.86. The van der Waals surface area contributed by atoms with Gasteiger partial charge in [0.2, 0.25) is 5.78 Å². The third-order valence-corrected chi connectivity index (χ3v) is 5.04. The van der Waals surface area contributed by atoms with Crippen LogP contribution in [0.4, 0.5) is 10.5 Å². The summed E-state index contributed by atoms with van der Waals surface area (Å²) in [6, 6.07) is 16.3. The highest BCUT2D eigenvalue weighted by Crippen LogP contribution is 2.22. The quantitative estimate of drug-likeness (QED) is 0.677. The van der Waals surface area contributed by atoms with Gasteiger partial charge in [0.05, 0.1) is 16.3 Å². The number of amides is 2. The third kappa shape index (κ3) is 4.06. The van der Waals surface area contributed by atoms with E-state index in [4.69, 9.17) is 0 Å². The van der Waals surface area contributed by atoms with Crippen molar-refractivity contribution < 1.29 is 9.59 Å². The lowest BCUT2D eigenvalue weighted by Crippen LogP contribution is -2.27. The first-order valence-electron chi connectivity index (χ1n) is 6.99. The van der Waals surface area contributed by atoms with Crippen LogP contribution in [0.5, 0.6) is 0 Å². The second kappa shape index (κ2) is 7.21. The largest absolute Gasteiger partial charge is 0.333 e. The number of hydrogen-bond acceptors (Lipinski definition) is 4. The van der Waals surface area contributed by atoms with Gasteiger partial charge in [0.15, 0.2) is 0 Å². The molecule has 0 fully saturated rings. The Morgan fingerprint density at radius 3 is 2.48 bits per heavy atom. The van der Waals surface area contributed by atoms with Crippen LogP contribution in [0.25, 0.3) is 0 Å². The van der Waals surface area contributed by atoms with Crippen LogP contribution < -0.4 is 10.6 Å². The molecule has 116 valence electrons. The van der Waals surface area contributed by atoms with Crippen LogP contribution in [0, 0.1) is 0 Å². The number of benzene rings is 1. The first-order chi connectivity index (χ1) is 11.2. The van der Waals surface area contributed by atoms with Gasteiger partial charge in [-0.15, -0.1) is 22.7 Å². The summed E-state index contributed by atoms with van der Waals surface area (Å²) in [7, 11) is 0. The number of carbonyl (C=O) groups is 2. The van der Waals surface area contributed by atoms with Crippen LogP contribution in [-0.2, 0) is 6.54 Å². The Kier molecular flexibility index (Phi) is 4.85. The molecule has 1 aromatic carbocycles. The van der Waals surface area contributed by atoms with E-state index < -0.39 is 0 Å². The molecule has 3 aromatic rings. The first kappa shape index (κ1) is 15.5. The SMILES string of the molecule is O=C(NCc1ccc(C(=O)c2cccs2)s1)Nc1ccccc1. The smallest absolute Gasteiger partial charge is 0.319 e. The van der Waals surface area contributed by atoms with Gasteiger partial charge in [0.1, 0.15) is 0 Å². The average molecular weight is 342 g/mol. The highest BCUT2D eigenvalue weighted by Gasteiger charge is 2.13. The molecule has 2 amide bonds. The fraction of sp³-hybridized carbons (Fsp3) is 0.0588. The monoisotopic (exact) mass is 342 g/mol. The molecule has 0 atom stereocenters. The summed E-state index contributed by atoms with van der Waals surface area (Å²) >= 11 is 2.83. The Morgan fingerprint density at radius 1 is 0.913 bits per heavy atom. The summed E-state index contributed by atoms with van der Waals surface area (Å²) in [4.78, 5) is 26.4. The van der Waals surface area contributed by atoms with Crippen LogP contribution >= 0.6 is 22.7 Å². The van der Waals surface area contributed by atoms with Gasteiger partial charge in [-0.1, -0.05) is 24.3 Å². The van der Waals surface area contributed by atoms with E-state index in [0.29, 0.717) is 11.4 Å². The van der Waals surface area contributed by atoms with E-state index in [2.05, 4.69) is 10.6 Å². The lowest BCUT2D eigenvalue weighted by atomic mass is 10.3. The van der Waals surface area contributed by atoms with Gasteiger partial charge in [-0.05, 0) is 35.7 Å². The first-order valence-corrected chi connectivity index (χ1v) is 8.69. The van der Waals surface area contributed by atoms with Crippen LogP contribution in [0.2, 0.25) is 0 Å². The van der Waals surface area contributed by atoms with Crippen LogP contribution in [0.15, 0.2) is 60.0 Å². The van der Waals surface area contributed by atoms with Crippen molar-refractivity contribution in [3.05, 3.63) is 74.6 Å². The zero-order valence-corrected chi connectivity index (χ0v) is 13.7. The maximum absolute atomic E-state index is 12.2. The van der Waals surface area contributed by atoms with Crippen molar-refractivity contribution in [2.45, 2.75) is 6.54 Å². The summed E-state index contributed by atoms with van der Waals surface area (Å²) in [6.45, 7) is 0.390. The van der Waals surface area contributed by atoms with Crippen molar-refractivity contribution in [2.24, 2.45) is 0 Å². The van der Waals surface area contributed by atoms with Gasteiger partial charge >= 0.3 is 6.03 Å². The molecule has 6 heteroatoms. The molecule has 0 aliphatic carbocycles. The topological polar surface area (TPSA) is 58.2 Å². The molecule has 2 heterocycles. The van der Waals surface area contributed by atoms with Crippen molar-refractivity contribution in [3.8, 4) is 0 Å². The third-order valence-electron chi connectivity index (χ3n) is 3.09. The van der Waals surface area contributed by atoms with E-state index >= 15 is 0 Å². The molecule has 0 aliphatic heterocycles. The molecule has 0 saturated heterocycles. The molecular formula is C17H14N2O2S2. The highest BCUT2D eigenvalue weighted by molar-refractivity contribution is 7.16. The fourth-order valence-electron chi connectivity index (χ4n) is 1.99. The Morgan fingerprint density at radius 2 is 1.74 bits per heavy atom. The van der Waals surface area contributed by atoms with Crippen LogP contribution in [0.3, 0.4) is 0 Å². The van der Waals surface area contributed by atoms with E-state index in [0.717, 1.165) is 15.4 Å². The summed E-state index contributed by atoms with van der Waals surface area (Å²) in [5, 5.41) is 7.43. The Bertz CT molecular complexity index is 795. The molecular weight excluding hydrogens is 328 g/mol. The minimum absolute atomic E-state index is 0.0324. The molecule has 3 rings (SSSR count). The molecule has 2 aromatic heterocycles. The maximum Gasteiger partial charge on any atom is 0.319 e. The van der Waals surface area contributed by atoms with Crippen molar-refractivity contribution in [1.82, 2.24) is 5.32 Å². The molecule has 0 saturated carbocycles. The average Bonchev–Trinajstić information content (AvgIpc) is 3.25. The van der Waals surface area contributed by atoms with Gasteiger partial charge in [0, 0.05) is 10.6 Å². The number of para-hydroxylation sites is 1. The van der Waals surface area contributed by atoms with Gasteiger partial charge in [-0.25, -0.2) is 4.79 Å². The van der Waals surface area contributed by atoms with Crippen molar-refractivity contribution in [3.63, 3.8) is 0 Å². The number of anilines is 1. The fourth-order valence-corrected chi connectivity index (χ4v) is 3.63.